The second-order valence-corrected chi connectivity index (χ2v) is 8.81. The van der Waals surface area contributed by atoms with Crippen molar-refractivity contribution < 1.29 is 9.90 Å². The standard InChI is InChI=1S/C23H25BrN6O2/c1-14(31)10-21(32)27-19-4-3-5-20(15(19)2)28-22-25-13-26-23(29-22)30-9-8-16-11-18(24)7-6-17(16)12-30/h3-7,11,13-14,31H,8-10,12H2,1-2H3,(H,27,32)(H,25,26,28,29)/t14-/m1/s1. The van der Waals surface area contributed by atoms with Crippen molar-refractivity contribution in [1.82, 2.24) is 15.0 Å². The van der Waals surface area contributed by atoms with Gasteiger partial charge < -0.3 is 20.6 Å². The highest BCUT2D eigenvalue weighted by Crippen LogP contribution is 2.27. The summed E-state index contributed by atoms with van der Waals surface area (Å²) in [5, 5.41) is 15.5. The number of hydrogen-bond acceptors (Lipinski definition) is 7. The van der Waals surface area contributed by atoms with Gasteiger partial charge in [-0.3, -0.25) is 4.79 Å². The van der Waals surface area contributed by atoms with Crippen molar-refractivity contribution >= 4 is 45.1 Å². The van der Waals surface area contributed by atoms with E-state index in [1.54, 1.807) is 6.92 Å². The first kappa shape index (κ1) is 22.2. The first-order valence-corrected chi connectivity index (χ1v) is 11.2. The van der Waals surface area contributed by atoms with Crippen LogP contribution in [0.15, 0.2) is 47.2 Å². The minimum Gasteiger partial charge on any atom is -0.393 e. The number of aliphatic hydroxyl groups excluding tert-OH is 1. The van der Waals surface area contributed by atoms with E-state index in [9.17, 15) is 9.90 Å². The van der Waals surface area contributed by atoms with E-state index >= 15 is 0 Å². The molecule has 8 nitrogen and oxygen atoms in total. The smallest absolute Gasteiger partial charge is 0.232 e. The topological polar surface area (TPSA) is 103 Å². The van der Waals surface area contributed by atoms with E-state index in [4.69, 9.17) is 0 Å². The monoisotopic (exact) mass is 496 g/mol. The van der Waals surface area contributed by atoms with E-state index in [0.29, 0.717) is 17.6 Å². The number of nitrogens with one attached hydrogen (secondary N) is 2. The molecule has 4 rings (SSSR count). The van der Waals surface area contributed by atoms with E-state index in [1.807, 2.05) is 25.1 Å². The molecule has 1 aromatic heterocycles. The molecule has 0 bridgehead atoms. The average molecular weight is 497 g/mol. The predicted molar refractivity (Wildman–Crippen MR) is 128 cm³/mol. The molecule has 1 aliphatic rings. The lowest BCUT2D eigenvalue weighted by molar-refractivity contribution is -0.117. The van der Waals surface area contributed by atoms with E-state index < -0.39 is 6.10 Å². The van der Waals surface area contributed by atoms with Crippen molar-refractivity contribution in [2.24, 2.45) is 0 Å². The van der Waals surface area contributed by atoms with E-state index in [2.05, 4.69) is 64.6 Å². The van der Waals surface area contributed by atoms with Crippen LogP contribution in [0.5, 0.6) is 0 Å². The average Bonchev–Trinajstić information content (AvgIpc) is 2.76. The number of aromatic nitrogens is 3. The second-order valence-electron chi connectivity index (χ2n) is 7.90. The van der Waals surface area contributed by atoms with E-state index in [-0.39, 0.29) is 12.3 Å². The number of halogens is 1. The summed E-state index contributed by atoms with van der Waals surface area (Å²) in [7, 11) is 0. The van der Waals surface area contributed by atoms with Crippen molar-refractivity contribution in [2.45, 2.75) is 39.3 Å². The van der Waals surface area contributed by atoms with Gasteiger partial charge in [-0.25, -0.2) is 9.97 Å². The zero-order valence-electron chi connectivity index (χ0n) is 18.0. The van der Waals surface area contributed by atoms with E-state index in [1.165, 1.54) is 17.5 Å². The Bertz CT molecular complexity index is 1140. The van der Waals surface area contributed by atoms with Crippen LogP contribution in [0.4, 0.5) is 23.3 Å². The van der Waals surface area contributed by atoms with Gasteiger partial charge in [-0.05, 0) is 61.2 Å². The number of carbonyl (C=O) groups excluding carboxylic acids is 1. The minimum absolute atomic E-state index is 0.0455. The van der Waals surface area contributed by atoms with Crippen molar-refractivity contribution in [3.05, 3.63) is 63.9 Å². The fourth-order valence-electron chi connectivity index (χ4n) is 3.69. The van der Waals surface area contributed by atoms with Crippen LogP contribution in [-0.4, -0.2) is 38.6 Å². The summed E-state index contributed by atoms with van der Waals surface area (Å²) in [4.78, 5) is 27.4. The zero-order chi connectivity index (χ0) is 22.7. The highest BCUT2D eigenvalue weighted by atomic mass is 79.9. The molecule has 0 saturated heterocycles. The zero-order valence-corrected chi connectivity index (χ0v) is 19.6. The molecule has 2 heterocycles. The molecule has 0 aliphatic carbocycles. The van der Waals surface area contributed by atoms with Crippen LogP contribution in [0.3, 0.4) is 0 Å². The molecule has 1 aliphatic heterocycles. The normalized spacial score (nSPS) is 13.9. The maximum atomic E-state index is 12.0. The molecule has 2 aromatic carbocycles. The summed E-state index contributed by atoms with van der Waals surface area (Å²) in [6.07, 6.45) is 1.79. The number of anilines is 4. The van der Waals surface area contributed by atoms with Gasteiger partial charge in [0, 0.05) is 28.9 Å². The largest absolute Gasteiger partial charge is 0.393 e. The second kappa shape index (κ2) is 9.62. The molecule has 0 fully saturated rings. The third-order valence-electron chi connectivity index (χ3n) is 5.36. The fourth-order valence-corrected chi connectivity index (χ4v) is 4.10. The van der Waals surface area contributed by atoms with Crippen molar-refractivity contribution in [2.75, 3.05) is 22.1 Å². The Morgan fingerprint density at radius 3 is 2.84 bits per heavy atom. The first-order chi connectivity index (χ1) is 15.4. The molecule has 9 heteroatoms. The summed E-state index contributed by atoms with van der Waals surface area (Å²) < 4.78 is 1.09. The van der Waals surface area contributed by atoms with Gasteiger partial charge in [-0.1, -0.05) is 28.1 Å². The molecule has 0 saturated carbocycles. The Labute approximate surface area is 195 Å². The van der Waals surface area contributed by atoms with Crippen LogP contribution in [0.2, 0.25) is 0 Å². The highest BCUT2D eigenvalue weighted by molar-refractivity contribution is 9.10. The predicted octanol–water partition coefficient (Wildman–Crippen LogP) is 3.96. The van der Waals surface area contributed by atoms with Crippen molar-refractivity contribution in [3.63, 3.8) is 0 Å². The number of fused-ring (bicyclic) bond motifs is 1. The molecule has 3 N–H and O–H groups in total. The molecule has 32 heavy (non-hydrogen) atoms. The minimum atomic E-state index is -0.691. The maximum Gasteiger partial charge on any atom is 0.232 e. The number of amides is 1. The fraction of sp³-hybridized carbons (Fsp3) is 0.304. The van der Waals surface area contributed by atoms with Gasteiger partial charge in [0.25, 0.3) is 0 Å². The summed E-state index contributed by atoms with van der Waals surface area (Å²) >= 11 is 3.54. The lowest BCUT2D eigenvalue weighted by atomic mass is 10.0. The van der Waals surface area contributed by atoms with Crippen molar-refractivity contribution in [3.8, 4) is 0 Å². The Morgan fingerprint density at radius 2 is 2.03 bits per heavy atom. The molecular formula is C23H25BrN6O2. The Hall–Kier alpha value is -3.04. The molecular weight excluding hydrogens is 472 g/mol. The van der Waals surface area contributed by atoms with Gasteiger partial charge in [0.15, 0.2) is 0 Å². The van der Waals surface area contributed by atoms with Crippen LogP contribution in [0.25, 0.3) is 0 Å². The lowest BCUT2D eigenvalue weighted by Gasteiger charge is -2.29. The molecule has 0 spiro atoms. The number of rotatable bonds is 6. The SMILES string of the molecule is Cc1c(NC(=O)C[C@@H](C)O)cccc1Nc1ncnc(N2CCc3cc(Br)ccc3C2)n1. The van der Waals surface area contributed by atoms with Gasteiger partial charge in [-0.15, -0.1) is 0 Å². The summed E-state index contributed by atoms with van der Waals surface area (Å²) in [5.41, 5.74) is 4.92. The Kier molecular flexibility index (Phi) is 6.66. The van der Waals surface area contributed by atoms with Gasteiger partial charge in [-0.2, -0.15) is 4.98 Å². The van der Waals surface area contributed by atoms with Crippen LogP contribution in [-0.2, 0) is 17.8 Å². The number of aliphatic hydroxyl groups is 1. The number of benzene rings is 2. The van der Waals surface area contributed by atoms with Gasteiger partial charge in [0.1, 0.15) is 6.33 Å². The highest BCUT2D eigenvalue weighted by Gasteiger charge is 2.19. The Morgan fingerprint density at radius 1 is 1.22 bits per heavy atom. The van der Waals surface area contributed by atoms with Crippen LogP contribution in [0.1, 0.15) is 30.0 Å². The number of carbonyl (C=O) groups is 1. The first-order valence-electron chi connectivity index (χ1n) is 10.4. The van der Waals surface area contributed by atoms with Gasteiger partial charge >= 0.3 is 0 Å². The third kappa shape index (κ3) is 5.23. The number of hydrogen-bond donors (Lipinski definition) is 3. The van der Waals surface area contributed by atoms with Crippen molar-refractivity contribution in [1.29, 1.82) is 0 Å². The third-order valence-corrected chi connectivity index (χ3v) is 5.85. The van der Waals surface area contributed by atoms with Crippen LogP contribution in [0, 0.1) is 6.92 Å². The Balaban J connectivity index is 1.49. The molecule has 1 amide bonds. The molecule has 1 atom stereocenters. The van der Waals surface area contributed by atoms with Crippen LogP contribution < -0.4 is 15.5 Å². The summed E-state index contributed by atoms with van der Waals surface area (Å²) in [5.74, 6) is 0.822. The lowest BCUT2D eigenvalue weighted by Crippen LogP contribution is -2.32. The molecule has 0 radical (unpaired) electrons. The maximum absolute atomic E-state index is 12.0. The summed E-state index contributed by atoms with van der Waals surface area (Å²) in [6.45, 7) is 5.07. The number of nitrogens with zero attached hydrogens (tertiary/aromatic N) is 4. The molecule has 3 aromatic rings. The van der Waals surface area contributed by atoms with Gasteiger partial charge in [0.2, 0.25) is 17.8 Å². The van der Waals surface area contributed by atoms with Crippen LogP contribution >= 0.6 is 15.9 Å². The van der Waals surface area contributed by atoms with E-state index in [0.717, 1.165) is 35.2 Å². The van der Waals surface area contributed by atoms with Gasteiger partial charge in [0.05, 0.1) is 12.5 Å². The quantitative estimate of drug-likeness (QED) is 0.474. The summed E-state index contributed by atoms with van der Waals surface area (Å²) in [6, 6.07) is 11.9. The molecule has 0 unspecified atom stereocenters. The molecule has 166 valence electrons.